The molecule has 0 saturated heterocycles. The molecule has 23 heavy (non-hydrogen) atoms. The van der Waals surface area contributed by atoms with Gasteiger partial charge in [0.25, 0.3) is 0 Å². The predicted octanol–water partition coefficient (Wildman–Crippen LogP) is 3.49. The zero-order chi connectivity index (χ0) is 17.2. The summed E-state index contributed by atoms with van der Waals surface area (Å²) in [5.74, 6) is -0.496. The second-order valence-electron chi connectivity index (χ2n) is 6.63. The number of amides is 1. The summed E-state index contributed by atoms with van der Waals surface area (Å²) in [7, 11) is 0. The van der Waals surface area contributed by atoms with Gasteiger partial charge >= 0.3 is 0 Å². The molecule has 0 fully saturated rings. The first-order chi connectivity index (χ1) is 10.7. The second kappa shape index (κ2) is 6.76. The van der Waals surface area contributed by atoms with Gasteiger partial charge in [-0.2, -0.15) is 0 Å². The summed E-state index contributed by atoms with van der Waals surface area (Å²) >= 11 is 1.35. The molecule has 4 nitrogen and oxygen atoms in total. The minimum Gasteiger partial charge on any atom is -0.319 e. The lowest BCUT2D eigenvalue weighted by Crippen LogP contribution is -2.45. The predicted molar refractivity (Wildman–Crippen MR) is 92.1 cm³/mol. The smallest absolute Gasteiger partial charge is 0.243 e. The van der Waals surface area contributed by atoms with Crippen LogP contribution in [0.15, 0.2) is 24.3 Å². The highest BCUT2D eigenvalue weighted by Gasteiger charge is 2.28. The van der Waals surface area contributed by atoms with Crippen LogP contribution in [0.3, 0.4) is 0 Å². The van der Waals surface area contributed by atoms with Gasteiger partial charge in [0.15, 0.2) is 5.13 Å². The molecule has 0 radical (unpaired) electrons. The Balaban J connectivity index is 2.13. The number of nitrogens with one attached hydrogen (secondary N) is 1. The quantitative estimate of drug-likeness (QED) is 0.898. The van der Waals surface area contributed by atoms with E-state index in [-0.39, 0.29) is 17.1 Å². The highest BCUT2D eigenvalue weighted by molar-refractivity contribution is 7.15. The molecule has 0 saturated carbocycles. The molecule has 1 aromatic heterocycles. The van der Waals surface area contributed by atoms with Crippen molar-refractivity contribution in [2.45, 2.75) is 40.2 Å². The van der Waals surface area contributed by atoms with Crippen molar-refractivity contribution in [2.75, 3.05) is 5.32 Å². The van der Waals surface area contributed by atoms with Gasteiger partial charge in [0.2, 0.25) is 5.91 Å². The van der Waals surface area contributed by atoms with Gasteiger partial charge in [-0.15, -0.1) is 11.3 Å². The first-order valence-electron chi connectivity index (χ1n) is 7.44. The molecule has 6 heteroatoms. The van der Waals surface area contributed by atoms with E-state index in [4.69, 9.17) is 5.73 Å². The van der Waals surface area contributed by atoms with Crippen LogP contribution >= 0.6 is 11.3 Å². The maximum atomic E-state index is 13.8. The third-order valence-corrected chi connectivity index (χ3v) is 4.72. The van der Waals surface area contributed by atoms with Crippen molar-refractivity contribution >= 4 is 22.4 Å². The van der Waals surface area contributed by atoms with Crippen molar-refractivity contribution < 1.29 is 9.18 Å². The lowest BCUT2D eigenvalue weighted by Gasteiger charge is -2.25. The Morgan fingerprint density at radius 2 is 2.04 bits per heavy atom. The van der Waals surface area contributed by atoms with Crippen LogP contribution in [0.1, 0.15) is 36.9 Å². The Morgan fingerprint density at radius 1 is 1.39 bits per heavy atom. The molecule has 1 heterocycles. The number of nitrogens with two attached hydrogens (primary N) is 1. The Bertz CT molecular complexity index is 706. The summed E-state index contributed by atoms with van der Waals surface area (Å²) in [5, 5.41) is 3.26. The Labute approximate surface area is 139 Å². The molecule has 3 N–H and O–H groups in total. The number of nitrogens with zero attached hydrogens (tertiary/aromatic N) is 1. The molecule has 2 rings (SSSR count). The number of carbonyl (C=O) groups excluding carboxylic acids is 1. The van der Waals surface area contributed by atoms with E-state index in [1.807, 2.05) is 27.7 Å². The van der Waals surface area contributed by atoms with Gasteiger partial charge in [0, 0.05) is 11.3 Å². The van der Waals surface area contributed by atoms with Crippen LogP contribution in [0.5, 0.6) is 0 Å². The van der Waals surface area contributed by atoms with Gasteiger partial charge in [-0.25, -0.2) is 9.37 Å². The SMILES string of the molecule is Cc1nc(NC(=O)[C@@H](N)C(C)(C)C)sc1Cc1ccccc1F. The summed E-state index contributed by atoms with van der Waals surface area (Å²) in [6.07, 6.45) is 0.456. The summed E-state index contributed by atoms with van der Waals surface area (Å²) < 4.78 is 13.8. The number of aryl methyl sites for hydroxylation is 1. The summed E-state index contributed by atoms with van der Waals surface area (Å²) in [5.41, 5.74) is 7.02. The molecule has 0 aliphatic heterocycles. The lowest BCUT2D eigenvalue weighted by atomic mass is 9.87. The number of hydrogen-bond acceptors (Lipinski definition) is 4. The van der Waals surface area contributed by atoms with Crippen molar-refractivity contribution in [1.82, 2.24) is 4.98 Å². The molecule has 0 spiro atoms. The largest absolute Gasteiger partial charge is 0.319 e. The van der Waals surface area contributed by atoms with E-state index in [0.717, 1.165) is 10.6 Å². The fourth-order valence-corrected chi connectivity index (χ4v) is 3.03. The average molecular weight is 335 g/mol. The number of aromatic nitrogens is 1. The van der Waals surface area contributed by atoms with Crippen LogP contribution in [-0.2, 0) is 11.2 Å². The van der Waals surface area contributed by atoms with Crippen LogP contribution in [0.2, 0.25) is 0 Å². The zero-order valence-electron chi connectivity index (χ0n) is 13.8. The van der Waals surface area contributed by atoms with Crippen molar-refractivity contribution in [1.29, 1.82) is 0 Å². The van der Waals surface area contributed by atoms with Crippen LogP contribution in [0.25, 0.3) is 0 Å². The molecule has 2 aromatic rings. The third kappa shape index (κ3) is 4.36. The number of carbonyl (C=O) groups is 1. The fourth-order valence-electron chi connectivity index (χ4n) is 2.04. The van der Waals surface area contributed by atoms with E-state index in [9.17, 15) is 9.18 Å². The number of benzene rings is 1. The number of halogens is 1. The molecule has 0 aliphatic carbocycles. The molecular formula is C17H22FN3OS. The summed E-state index contributed by atoms with van der Waals surface area (Å²) in [6, 6.07) is 6.04. The molecule has 0 unspecified atom stereocenters. The van der Waals surface area contributed by atoms with E-state index in [1.54, 1.807) is 18.2 Å². The van der Waals surface area contributed by atoms with E-state index in [2.05, 4.69) is 10.3 Å². The van der Waals surface area contributed by atoms with Crippen molar-refractivity contribution in [3.63, 3.8) is 0 Å². The van der Waals surface area contributed by atoms with Gasteiger partial charge in [-0.1, -0.05) is 39.0 Å². The van der Waals surface area contributed by atoms with Gasteiger partial charge < -0.3 is 11.1 Å². The van der Waals surface area contributed by atoms with E-state index >= 15 is 0 Å². The molecule has 124 valence electrons. The third-order valence-electron chi connectivity index (χ3n) is 3.65. The number of anilines is 1. The highest BCUT2D eigenvalue weighted by atomic mass is 32.1. The minimum absolute atomic E-state index is 0.236. The Kier molecular flexibility index (Phi) is 5.16. The van der Waals surface area contributed by atoms with Gasteiger partial charge in [0.05, 0.1) is 11.7 Å². The topological polar surface area (TPSA) is 68.0 Å². The molecule has 1 atom stereocenters. The molecule has 1 amide bonds. The van der Waals surface area contributed by atoms with Crippen LogP contribution in [0.4, 0.5) is 9.52 Å². The van der Waals surface area contributed by atoms with E-state index in [1.165, 1.54) is 17.4 Å². The summed E-state index contributed by atoms with van der Waals surface area (Å²) in [6.45, 7) is 7.59. The van der Waals surface area contributed by atoms with Crippen molar-refractivity contribution in [3.8, 4) is 0 Å². The number of thiazole rings is 1. The van der Waals surface area contributed by atoms with Gasteiger partial charge in [0.1, 0.15) is 5.82 Å². The Hall–Kier alpha value is -1.79. The lowest BCUT2D eigenvalue weighted by molar-refractivity contribution is -0.119. The second-order valence-corrected chi connectivity index (χ2v) is 7.71. The van der Waals surface area contributed by atoms with Gasteiger partial charge in [-0.05, 0) is 24.0 Å². The van der Waals surface area contributed by atoms with Crippen molar-refractivity contribution in [3.05, 3.63) is 46.2 Å². The molecular weight excluding hydrogens is 313 g/mol. The number of hydrogen-bond donors (Lipinski definition) is 2. The van der Waals surface area contributed by atoms with E-state index < -0.39 is 6.04 Å². The highest BCUT2D eigenvalue weighted by Crippen LogP contribution is 2.27. The monoisotopic (exact) mass is 335 g/mol. The van der Waals surface area contributed by atoms with E-state index in [0.29, 0.717) is 17.1 Å². The molecule has 0 aliphatic rings. The number of rotatable bonds is 4. The minimum atomic E-state index is -0.623. The Morgan fingerprint density at radius 3 is 2.65 bits per heavy atom. The zero-order valence-corrected chi connectivity index (χ0v) is 14.6. The summed E-state index contributed by atoms with van der Waals surface area (Å²) in [4.78, 5) is 17.4. The average Bonchev–Trinajstić information content (AvgIpc) is 2.79. The normalized spacial score (nSPS) is 13.0. The van der Waals surface area contributed by atoms with Crippen LogP contribution in [0, 0.1) is 18.2 Å². The standard InChI is InChI=1S/C17H22FN3OS/c1-10-13(9-11-7-5-6-8-12(11)18)23-16(20-10)21-15(22)14(19)17(2,3)4/h5-8,14H,9,19H2,1-4H3,(H,20,21,22)/t14-/m1/s1. The maximum absolute atomic E-state index is 13.8. The molecule has 1 aromatic carbocycles. The molecule has 0 bridgehead atoms. The van der Waals surface area contributed by atoms with Gasteiger partial charge in [-0.3, -0.25) is 4.79 Å². The maximum Gasteiger partial charge on any atom is 0.243 e. The van der Waals surface area contributed by atoms with Crippen molar-refractivity contribution in [2.24, 2.45) is 11.1 Å². The fraction of sp³-hybridized carbons (Fsp3) is 0.412. The van der Waals surface area contributed by atoms with Crippen LogP contribution in [-0.4, -0.2) is 16.9 Å². The first kappa shape index (κ1) is 17.6. The van der Waals surface area contributed by atoms with Crippen LogP contribution < -0.4 is 11.1 Å². The first-order valence-corrected chi connectivity index (χ1v) is 8.26.